The highest BCUT2D eigenvalue weighted by Gasteiger charge is 2.20. The van der Waals surface area contributed by atoms with Gasteiger partial charge in [-0.15, -0.1) is 0 Å². The zero-order valence-electron chi connectivity index (χ0n) is 65.4. The molecule has 2 atom stereocenters. The van der Waals surface area contributed by atoms with Gasteiger partial charge in [-0.25, -0.2) is 0 Å². The molecule has 0 spiro atoms. The van der Waals surface area contributed by atoms with Crippen molar-refractivity contribution in [2.24, 2.45) is 0 Å². The molecular weight excluding hydrogens is 1170 g/mol. The maximum Gasteiger partial charge on any atom is 0.305 e. The summed E-state index contributed by atoms with van der Waals surface area (Å²) in [5.74, 6) is -0.00772. The number of nitrogens with one attached hydrogen (secondary N) is 1. The van der Waals surface area contributed by atoms with Crippen LogP contribution in [0.3, 0.4) is 0 Å². The van der Waals surface area contributed by atoms with Crippen LogP contribution in [0.2, 0.25) is 0 Å². The standard InChI is InChI=1S/C90H173NO5/c1-3-5-7-9-11-13-15-17-19-21-23-24-44-47-50-54-58-62-66-70-74-78-82-88(93)87(86-92)91-89(94)83-79-75-71-67-63-59-55-51-48-45-42-40-38-36-34-32-30-28-26-25-27-29-31-33-35-37-39-41-43-46-49-53-57-61-65-69-73-77-81-85-96-90(95)84-80-76-72-68-64-60-56-52-22-20-18-16-14-12-10-8-6-4-2/h20,22,25-26,29,31,87-88,92-93H,3-19,21,23-24,27-28,30,32-86H2,1-2H3,(H,91,94)/b22-20-,26-25-,31-29-. The number of amides is 1. The predicted octanol–water partition coefficient (Wildman–Crippen LogP) is 29.7. The number of ether oxygens (including phenoxy) is 1. The van der Waals surface area contributed by atoms with Crippen molar-refractivity contribution in [2.75, 3.05) is 13.2 Å². The molecule has 6 heteroatoms. The summed E-state index contributed by atoms with van der Waals surface area (Å²) < 4.78 is 5.52. The first-order chi connectivity index (χ1) is 47.5. The summed E-state index contributed by atoms with van der Waals surface area (Å²) in [5, 5.41) is 23.5. The lowest BCUT2D eigenvalue weighted by atomic mass is 10.0. The number of carbonyl (C=O) groups excluding carboxylic acids is 2. The summed E-state index contributed by atoms with van der Waals surface area (Å²) in [6.07, 6.45) is 113. The summed E-state index contributed by atoms with van der Waals surface area (Å²) >= 11 is 0. The number of aliphatic hydroxyl groups excluding tert-OH is 2. The van der Waals surface area contributed by atoms with Gasteiger partial charge in [0.1, 0.15) is 0 Å². The van der Waals surface area contributed by atoms with Crippen LogP contribution in [0.1, 0.15) is 502 Å². The Labute approximate surface area is 602 Å². The minimum Gasteiger partial charge on any atom is -0.466 e. The molecule has 96 heavy (non-hydrogen) atoms. The Hall–Kier alpha value is -1.92. The van der Waals surface area contributed by atoms with E-state index in [1.54, 1.807) is 0 Å². The molecule has 0 heterocycles. The molecule has 2 unspecified atom stereocenters. The highest BCUT2D eigenvalue weighted by atomic mass is 16.5. The van der Waals surface area contributed by atoms with E-state index in [4.69, 9.17) is 4.74 Å². The van der Waals surface area contributed by atoms with Crippen LogP contribution in [-0.2, 0) is 14.3 Å². The van der Waals surface area contributed by atoms with Crippen molar-refractivity contribution in [1.29, 1.82) is 0 Å². The van der Waals surface area contributed by atoms with Crippen LogP contribution in [0.15, 0.2) is 36.5 Å². The zero-order valence-corrected chi connectivity index (χ0v) is 65.4. The van der Waals surface area contributed by atoms with Gasteiger partial charge < -0.3 is 20.3 Å². The number of rotatable bonds is 84. The van der Waals surface area contributed by atoms with E-state index in [9.17, 15) is 19.8 Å². The van der Waals surface area contributed by atoms with Crippen molar-refractivity contribution in [1.82, 2.24) is 5.32 Å². The summed E-state index contributed by atoms with van der Waals surface area (Å²) in [7, 11) is 0. The van der Waals surface area contributed by atoms with E-state index in [0.29, 0.717) is 25.9 Å². The van der Waals surface area contributed by atoms with Gasteiger partial charge in [0.25, 0.3) is 0 Å². The minimum absolute atomic E-state index is 0.0184. The molecule has 0 saturated carbocycles. The zero-order chi connectivity index (χ0) is 69.1. The first kappa shape index (κ1) is 94.1. The molecule has 0 aliphatic heterocycles. The van der Waals surface area contributed by atoms with Gasteiger partial charge in [0, 0.05) is 12.8 Å². The van der Waals surface area contributed by atoms with Gasteiger partial charge in [-0.1, -0.05) is 442 Å². The molecule has 0 radical (unpaired) electrons. The van der Waals surface area contributed by atoms with Gasteiger partial charge in [-0.2, -0.15) is 0 Å². The second-order valence-corrected chi connectivity index (χ2v) is 30.6. The number of unbranched alkanes of at least 4 members (excludes halogenated alkanes) is 67. The van der Waals surface area contributed by atoms with Crippen LogP contribution in [0.4, 0.5) is 0 Å². The Morgan fingerprint density at radius 3 is 0.802 bits per heavy atom. The van der Waals surface area contributed by atoms with Crippen molar-refractivity contribution in [3.8, 4) is 0 Å². The maximum absolute atomic E-state index is 12.6. The predicted molar refractivity (Wildman–Crippen MR) is 426 cm³/mol. The summed E-state index contributed by atoms with van der Waals surface area (Å²) in [6, 6.07) is -0.541. The highest BCUT2D eigenvalue weighted by Crippen LogP contribution is 2.21. The quantitative estimate of drug-likeness (QED) is 0.0320. The molecule has 6 nitrogen and oxygen atoms in total. The Kier molecular flexibility index (Phi) is 83.8. The summed E-state index contributed by atoms with van der Waals surface area (Å²) in [5.41, 5.74) is 0. The second kappa shape index (κ2) is 85.5. The Bertz CT molecular complexity index is 1560. The van der Waals surface area contributed by atoms with Crippen LogP contribution in [-0.4, -0.2) is 47.4 Å². The normalized spacial score (nSPS) is 12.6. The fourth-order valence-corrected chi connectivity index (χ4v) is 14.2. The average Bonchev–Trinajstić information content (AvgIpc) is 2.36. The molecule has 0 fully saturated rings. The van der Waals surface area contributed by atoms with Gasteiger partial charge in [0.2, 0.25) is 5.91 Å². The van der Waals surface area contributed by atoms with Crippen LogP contribution in [0.5, 0.6) is 0 Å². The van der Waals surface area contributed by atoms with E-state index >= 15 is 0 Å². The lowest BCUT2D eigenvalue weighted by molar-refractivity contribution is -0.143. The number of carbonyl (C=O) groups is 2. The van der Waals surface area contributed by atoms with E-state index < -0.39 is 12.1 Å². The number of hydrogen-bond acceptors (Lipinski definition) is 5. The van der Waals surface area contributed by atoms with E-state index in [2.05, 4.69) is 55.6 Å². The molecule has 0 aliphatic rings. The van der Waals surface area contributed by atoms with E-state index in [1.165, 1.54) is 417 Å². The molecule has 1 amide bonds. The number of hydrogen-bond donors (Lipinski definition) is 3. The number of aliphatic hydroxyl groups is 2. The third kappa shape index (κ3) is 81.0. The molecule has 0 aliphatic carbocycles. The molecule has 0 bridgehead atoms. The van der Waals surface area contributed by atoms with Crippen LogP contribution < -0.4 is 5.32 Å². The smallest absolute Gasteiger partial charge is 0.305 e. The fourth-order valence-electron chi connectivity index (χ4n) is 14.2. The minimum atomic E-state index is -0.664. The van der Waals surface area contributed by atoms with Crippen molar-refractivity contribution >= 4 is 11.9 Å². The Balaban J connectivity index is 3.35. The van der Waals surface area contributed by atoms with E-state index in [0.717, 1.165) is 51.4 Å². The summed E-state index contributed by atoms with van der Waals surface area (Å²) in [6.45, 7) is 5.01. The maximum atomic E-state index is 12.6. The molecule has 3 N–H and O–H groups in total. The Morgan fingerprint density at radius 1 is 0.292 bits per heavy atom. The molecule has 0 aromatic carbocycles. The third-order valence-electron chi connectivity index (χ3n) is 20.9. The highest BCUT2D eigenvalue weighted by molar-refractivity contribution is 5.76. The van der Waals surface area contributed by atoms with Gasteiger partial charge in [0.15, 0.2) is 0 Å². The lowest BCUT2D eigenvalue weighted by Gasteiger charge is -2.22. The molecular formula is C90H173NO5. The molecule has 0 rings (SSSR count). The van der Waals surface area contributed by atoms with Gasteiger partial charge in [-0.05, 0) is 83.5 Å². The van der Waals surface area contributed by atoms with E-state index in [-0.39, 0.29) is 18.5 Å². The SMILES string of the molecule is CCCCCCCCC/C=C\CCCCCCCCCC(=O)OCCCCCCCCCCCCCCCCC/C=C\C/C=C\CCCCCCCCCCCCCCCCCCCC(=O)NC(CO)C(O)CCCCCCCCCCCCCCCCCCCCCCCC. The monoisotopic (exact) mass is 1350 g/mol. The van der Waals surface area contributed by atoms with Crippen molar-refractivity contribution in [3.63, 3.8) is 0 Å². The third-order valence-corrected chi connectivity index (χ3v) is 20.9. The van der Waals surface area contributed by atoms with Crippen LogP contribution >= 0.6 is 0 Å². The molecule has 0 aromatic heterocycles. The van der Waals surface area contributed by atoms with Crippen LogP contribution in [0, 0.1) is 0 Å². The largest absolute Gasteiger partial charge is 0.466 e. The van der Waals surface area contributed by atoms with E-state index in [1.807, 2.05) is 0 Å². The second-order valence-electron chi connectivity index (χ2n) is 30.6. The average molecular weight is 1350 g/mol. The number of esters is 1. The lowest BCUT2D eigenvalue weighted by Crippen LogP contribution is -2.45. The number of allylic oxidation sites excluding steroid dienone is 6. The van der Waals surface area contributed by atoms with Crippen molar-refractivity contribution in [3.05, 3.63) is 36.5 Å². The Morgan fingerprint density at radius 2 is 0.521 bits per heavy atom. The van der Waals surface area contributed by atoms with Gasteiger partial charge in [-0.3, -0.25) is 9.59 Å². The first-order valence-electron chi connectivity index (χ1n) is 44.2. The fraction of sp³-hybridized carbons (Fsp3) is 0.911. The topological polar surface area (TPSA) is 95.9 Å². The van der Waals surface area contributed by atoms with Crippen LogP contribution in [0.25, 0.3) is 0 Å². The summed E-state index contributed by atoms with van der Waals surface area (Å²) in [4.78, 5) is 24.7. The van der Waals surface area contributed by atoms with Gasteiger partial charge in [0.05, 0.1) is 25.4 Å². The van der Waals surface area contributed by atoms with Gasteiger partial charge >= 0.3 is 5.97 Å². The van der Waals surface area contributed by atoms with Crippen molar-refractivity contribution < 1.29 is 24.5 Å². The molecule has 0 aromatic rings. The molecule has 568 valence electrons. The van der Waals surface area contributed by atoms with Crippen molar-refractivity contribution in [2.45, 2.75) is 514 Å². The first-order valence-corrected chi connectivity index (χ1v) is 44.2. The molecule has 0 saturated heterocycles.